The second-order valence-corrected chi connectivity index (χ2v) is 17.8. The van der Waals surface area contributed by atoms with E-state index < -0.39 is 6.10 Å². The average molecular weight is 893 g/mol. The minimum atomic E-state index is -0.790. The molecule has 0 aliphatic heterocycles. The molecule has 0 aromatic carbocycles. The summed E-state index contributed by atoms with van der Waals surface area (Å²) in [7, 11) is 0. The third kappa shape index (κ3) is 49.9. The Bertz CT molecular complexity index is 1210. The van der Waals surface area contributed by atoms with Gasteiger partial charge in [-0.05, 0) is 96.3 Å². The Morgan fingerprint density at radius 1 is 0.312 bits per heavy atom. The zero-order chi connectivity index (χ0) is 46.5. The van der Waals surface area contributed by atoms with Crippen molar-refractivity contribution in [3.05, 3.63) is 72.9 Å². The molecule has 0 amide bonds. The van der Waals surface area contributed by atoms with E-state index in [4.69, 9.17) is 14.2 Å². The Morgan fingerprint density at radius 3 is 0.922 bits per heavy atom. The molecule has 0 heterocycles. The number of esters is 3. The molecule has 0 aliphatic rings. The van der Waals surface area contributed by atoms with E-state index in [1.54, 1.807) is 0 Å². The number of hydrogen-bond acceptors (Lipinski definition) is 6. The molecule has 368 valence electrons. The van der Waals surface area contributed by atoms with Crippen molar-refractivity contribution in [2.24, 2.45) is 0 Å². The van der Waals surface area contributed by atoms with Crippen molar-refractivity contribution in [2.45, 2.75) is 264 Å². The molecular formula is C58H100O6. The zero-order valence-corrected chi connectivity index (χ0v) is 42.0. The lowest BCUT2D eigenvalue weighted by atomic mass is 10.1. The van der Waals surface area contributed by atoms with Crippen molar-refractivity contribution in [3.63, 3.8) is 0 Å². The third-order valence-electron chi connectivity index (χ3n) is 11.4. The van der Waals surface area contributed by atoms with Crippen LogP contribution in [0.3, 0.4) is 0 Å². The molecule has 6 heteroatoms. The summed E-state index contributed by atoms with van der Waals surface area (Å²) in [4.78, 5) is 38.0. The van der Waals surface area contributed by atoms with Gasteiger partial charge < -0.3 is 14.2 Å². The van der Waals surface area contributed by atoms with E-state index in [0.29, 0.717) is 19.3 Å². The lowest BCUT2D eigenvalue weighted by molar-refractivity contribution is -0.167. The van der Waals surface area contributed by atoms with Gasteiger partial charge in [-0.25, -0.2) is 0 Å². The SMILES string of the molecule is CCCCC/C=C\C/C=C\C/C=C\C/C=C\CCCCCC(=O)OC[C@@H](COC(=O)CCCCCCCCCCCC)OC(=O)CCCCCCCCC/C=C\C/C=C\CCCCC. The standard InChI is InChI=1S/C58H100O6/c1-4-7-10-13-16-19-22-24-26-28-29-31-32-34-36-39-42-45-48-51-57(60)63-54-55(53-62-56(59)50-47-44-41-38-21-18-15-12-9-6-3)64-58(61)52-49-46-43-40-37-35-33-30-27-25-23-20-17-14-11-8-5-2/h16-17,19-20,24-27,29,31,34,36,55H,4-15,18,21-23,28,30,32-33,35,37-54H2,1-3H3/b19-16-,20-17-,26-24-,27-25-,31-29-,36-34-/t55-/m1/s1. The maximum atomic E-state index is 12.8. The summed E-state index contributed by atoms with van der Waals surface area (Å²) in [5, 5.41) is 0. The second kappa shape index (κ2) is 52.5. The lowest BCUT2D eigenvalue weighted by Gasteiger charge is -2.18. The van der Waals surface area contributed by atoms with Crippen LogP contribution in [-0.2, 0) is 28.6 Å². The molecule has 6 nitrogen and oxygen atoms in total. The number of ether oxygens (including phenoxy) is 3. The monoisotopic (exact) mass is 893 g/mol. The van der Waals surface area contributed by atoms with E-state index in [2.05, 4.69) is 93.7 Å². The predicted molar refractivity (Wildman–Crippen MR) is 274 cm³/mol. The second-order valence-electron chi connectivity index (χ2n) is 17.8. The van der Waals surface area contributed by atoms with Crippen molar-refractivity contribution in [3.8, 4) is 0 Å². The van der Waals surface area contributed by atoms with Gasteiger partial charge in [-0.2, -0.15) is 0 Å². The molecular weight excluding hydrogens is 793 g/mol. The maximum absolute atomic E-state index is 12.8. The highest BCUT2D eigenvalue weighted by Gasteiger charge is 2.19. The molecule has 0 fully saturated rings. The van der Waals surface area contributed by atoms with Crippen molar-refractivity contribution in [2.75, 3.05) is 13.2 Å². The van der Waals surface area contributed by atoms with Crippen LogP contribution in [0.5, 0.6) is 0 Å². The normalized spacial score (nSPS) is 12.6. The van der Waals surface area contributed by atoms with Crippen LogP contribution < -0.4 is 0 Å². The molecule has 0 saturated heterocycles. The fourth-order valence-corrected chi connectivity index (χ4v) is 7.34. The molecule has 0 unspecified atom stereocenters. The van der Waals surface area contributed by atoms with Crippen molar-refractivity contribution in [1.29, 1.82) is 0 Å². The van der Waals surface area contributed by atoms with Crippen molar-refractivity contribution in [1.82, 2.24) is 0 Å². The molecule has 0 aromatic heterocycles. The highest BCUT2D eigenvalue weighted by atomic mass is 16.6. The van der Waals surface area contributed by atoms with E-state index in [1.807, 2.05) is 0 Å². The number of allylic oxidation sites excluding steroid dienone is 12. The summed E-state index contributed by atoms with van der Waals surface area (Å²) in [6, 6.07) is 0. The number of carbonyl (C=O) groups excluding carboxylic acids is 3. The van der Waals surface area contributed by atoms with Crippen LogP contribution in [0.25, 0.3) is 0 Å². The first-order valence-corrected chi connectivity index (χ1v) is 26.9. The van der Waals surface area contributed by atoms with Crippen LogP contribution in [0.1, 0.15) is 258 Å². The average Bonchev–Trinajstić information content (AvgIpc) is 3.29. The third-order valence-corrected chi connectivity index (χ3v) is 11.4. The molecule has 0 spiro atoms. The van der Waals surface area contributed by atoms with Gasteiger partial charge in [0.25, 0.3) is 0 Å². The Labute approximate surface area is 395 Å². The Hall–Kier alpha value is -3.15. The molecule has 0 N–H and O–H groups in total. The Kier molecular flexibility index (Phi) is 49.9. The first-order chi connectivity index (χ1) is 31.5. The summed E-state index contributed by atoms with van der Waals surface area (Å²) in [6.45, 7) is 6.54. The van der Waals surface area contributed by atoms with Crippen LogP contribution in [-0.4, -0.2) is 37.2 Å². The topological polar surface area (TPSA) is 78.9 Å². The lowest BCUT2D eigenvalue weighted by Crippen LogP contribution is -2.30. The fourth-order valence-electron chi connectivity index (χ4n) is 7.34. The smallest absolute Gasteiger partial charge is 0.306 e. The molecule has 0 aliphatic carbocycles. The van der Waals surface area contributed by atoms with Gasteiger partial charge in [-0.3, -0.25) is 14.4 Å². The van der Waals surface area contributed by atoms with Gasteiger partial charge in [0.1, 0.15) is 13.2 Å². The van der Waals surface area contributed by atoms with E-state index in [1.165, 1.54) is 122 Å². The van der Waals surface area contributed by atoms with Gasteiger partial charge in [0.05, 0.1) is 0 Å². The first kappa shape index (κ1) is 60.9. The van der Waals surface area contributed by atoms with Crippen molar-refractivity contribution >= 4 is 17.9 Å². The van der Waals surface area contributed by atoms with E-state index in [0.717, 1.165) is 96.3 Å². The van der Waals surface area contributed by atoms with E-state index >= 15 is 0 Å². The Balaban J connectivity index is 4.41. The predicted octanol–water partition coefficient (Wildman–Crippen LogP) is 17.8. The molecule has 0 aromatic rings. The highest BCUT2D eigenvalue weighted by molar-refractivity contribution is 5.71. The minimum absolute atomic E-state index is 0.0877. The van der Waals surface area contributed by atoms with Crippen molar-refractivity contribution < 1.29 is 28.6 Å². The fraction of sp³-hybridized carbons (Fsp3) is 0.741. The van der Waals surface area contributed by atoms with E-state index in [9.17, 15) is 14.4 Å². The van der Waals surface area contributed by atoms with Gasteiger partial charge in [0.15, 0.2) is 6.10 Å². The molecule has 1 atom stereocenters. The van der Waals surface area contributed by atoms with Gasteiger partial charge >= 0.3 is 17.9 Å². The van der Waals surface area contributed by atoms with Crippen LogP contribution in [0.2, 0.25) is 0 Å². The highest BCUT2D eigenvalue weighted by Crippen LogP contribution is 2.14. The molecule has 0 saturated carbocycles. The molecule has 0 bridgehead atoms. The molecule has 0 rings (SSSR count). The van der Waals surface area contributed by atoms with Crippen LogP contribution in [0.4, 0.5) is 0 Å². The Morgan fingerprint density at radius 2 is 0.562 bits per heavy atom. The zero-order valence-electron chi connectivity index (χ0n) is 42.0. The van der Waals surface area contributed by atoms with Gasteiger partial charge in [0, 0.05) is 19.3 Å². The van der Waals surface area contributed by atoms with Crippen LogP contribution in [0, 0.1) is 0 Å². The van der Waals surface area contributed by atoms with Gasteiger partial charge in [-0.1, -0.05) is 216 Å². The first-order valence-electron chi connectivity index (χ1n) is 26.9. The number of hydrogen-bond donors (Lipinski definition) is 0. The maximum Gasteiger partial charge on any atom is 0.306 e. The van der Waals surface area contributed by atoms with Gasteiger partial charge in [0.2, 0.25) is 0 Å². The summed E-state index contributed by atoms with van der Waals surface area (Å²) in [5.74, 6) is -0.925. The molecule has 64 heavy (non-hydrogen) atoms. The summed E-state index contributed by atoms with van der Waals surface area (Å²) in [6.07, 6.45) is 66.0. The summed E-state index contributed by atoms with van der Waals surface area (Å²) in [5.41, 5.74) is 0. The summed E-state index contributed by atoms with van der Waals surface area (Å²) >= 11 is 0. The quantitative estimate of drug-likeness (QED) is 0.0262. The number of unbranched alkanes of at least 4 members (excludes halogenated alkanes) is 25. The minimum Gasteiger partial charge on any atom is -0.462 e. The largest absolute Gasteiger partial charge is 0.462 e. The number of carbonyl (C=O) groups is 3. The number of rotatable bonds is 48. The summed E-state index contributed by atoms with van der Waals surface area (Å²) < 4.78 is 16.8. The molecule has 0 radical (unpaired) electrons. The van der Waals surface area contributed by atoms with Gasteiger partial charge in [-0.15, -0.1) is 0 Å². The van der Waals surface area contributed by atoms with E-state index in [-0.39, 0.29) is 31.1 Å². The van der Waals surface area contributed by atoms with Crippen LogP contribution in [0.15, 0.2) is 72.9 Å². The van der Waals surface area contributed by atoms with Crippen LogP contribution >= 0.6 is 0 Å².